The van der Waals surface area contributed by atoms with Crippen molar-refractivity contribution in [2.75, 3.05) is 13.1 Å². The van der Waals surface area contributed by atoms with Crippen molar-refractivity contribution >= 4 is 38.9 Å². The quantitative estimate of drug-likeness (QED) is 0.761. The van der Waals surface area contributed by atoms with Crippen molar-refractivity contribution in [1.29, 1.82) is 0 Å². The largest absolute Gasteiger partial charge is 0.316 e. The predicted molar refractivity (Wildman–Crippen MR) is 89.5 cm³/mol. The maximum atomic E-state index is 6.28. The molecule has 0 aliphatic rings. The molecule has 3 nitrogen and oxygen atoms in total. The highest BCUT2D eigenvalue weighted by atomic mass is 79.9. The average Bonchev–Trinajstić information content (AvgIpc) is 2.86. The van der Waals surface area contributed by atoms with Gasteiger partial charge in [0, 0.05) is 23.0 Å². The molecule has 0 aliphatic carbocycles. The predicted octanol–water partition coefficient (Wildman–Crippen LogP) is 4.41. The zero-order valence-electron chi connectivity index (χ0n) is 11.5. The van der Waals surface area contributed by atoms with Gasteiger partial charge in [-0.25, -0.2) is 0 Å². The van der Waals surface area contributed by atoms with Crippen molar-refractivity contribution in [1.82, 2.24) is 15.5 Å². The molecule has 2 aromatic rings. The molecule has 2 rings (SSSR count). The molecule has 0 fully saturated rings. The van der Waals surface area contributed by atoms with E-state index >= 15 is 0 Å². The molecule has 6 heteroatoms. The van der Waals surface area contributed by atoms with E-state index in [1.807, 2.05) is 18.2 Å². The monoisotopic (exact) mass is 373 g/mol. The van der Waals surface area contributed by atoms with E-state index in [1.54, 1.807) is 11.3 Å². The van der Waals surface area contributed by atoms with Crippen LogP contribution in [-0.4, -0.2) is 23.3 Å². The van der Waals surface area contributed by atoms with Gasteiger partial charge in [0.1, 0.15) is 10.0 Å². The van der Waals surface area contributed by atoms with E-state index in [2.05, 4.69) is 45.3 Å². The highest BCUT2D eigenvalue weighted by Crippen LogP contribution is 2.34. The normalized spacial score (nSPS) is 11.2. The van der Waals surface area contributed by atoms with Crippen LogP contribution in [0.1, 0.15) is 18.9 Å². The molecule has 0 unspecified atom stereocenters. The van der Waals surface area contributed by atoms with Gasteiger partial charge in [-0.15, -0.1) is 10.2 Å². The SMILES string of the molecule is CC(C)CNCCc1nnc(-c2cccc(Br)c2Cl)s1. The van der Waals surface area contributed by atoms with Crippen LogP contribution in [-0.2, 0) is 6.42 Å². The van der Waals surface area contributed by atoms with E-state index < -0.39 is 0 Å². The Morgan fingerprint density at radius 2 is 2.15 bits per heavy atom. The molecular weight excluding hydrogens is 358 g/mol. The molecule has 1 N–H and O–H groups in total. The highest BCUT2D eigenvalue weighted by molar-refractivity contribution is 9.10. The minimum atomic E-state index is 0.667. The summed E-state index contributed by atoms with van der Waals surface area (Å²) in [7, 11) is 0. The van der Waals surface area contributed by atoms with Crippen molar-refractivity contribution in [3.63, 3.8) is 0 Å². The third-order valence-corrected chi connectivity index (χ3v) is 5.03. The first-order chi connectivity index (χ1) is 9.58. The first-order valence-electron chi connectivity index (χ1n) is 6.55. The molecule has 0 amide bonds. The molecular formula is C14H17BrClN3S. The number of hydrogen-bond donors (Lipinski definition) is 1. The second-order valence-corrected chi connectivity index (χ2v) is 7.24. The van der Waals surface area contributed by atoms with E-state index in [1.165, 1.54) is 0 Å². The summed E-state index contributed by atoms with van der Waals surface area (Å²) in [6.45, 7) is 6.36. The second kappa shape index (κ2) is 7.50. The van der Waals surface area contributed by atoms with Crippen LogP contribution in [0.25, 0.3) is 10.6 Å². The van der Waals surface area contributed by atoms with Crippen molar-refractivity contribution < 1.29 is 0 Å². The average molecular weight is 375 g/mol. The van der Waals surface area contributed by atoms with Gasteiger partial charge in [-0.1, -0.05) is 48.9 Å². The second-order valence-electron chi connectivity index (χ2n) is 4.95. The molecule has 0 radical (unpaired) electrons. The van der Waals surface area contributed by atoms with Gasteiger partial charge in [0.25, 0.3) is 0 Å². The number of hydrogen-bond acceptors (Lipinski definition) is 4. The molecule has 0 spiro atoms. The fourth-order valence-corrected chi connectivity index (χ4v) is 3.23. The summed E-state index contributed by atoms with van der Waals surface area (Å²) in [5, 5.41) is 14.5. The van der Waals surface area contributed by atoms with Gasteiger partial charge in [-0.05, 0) is 34.5 Å². The summed E-state index contributed by atoms with van der Waals surface area (Å²) in [5.41, 5.74) is 0.930. The summed E-state index contributed by atoms with van der Waals surface area (Å²) in [6, 6.07) is 5.84. The zero-order chi connectivity index (χ0) is 14.5. The summed E-state index contributed by atoms with van der Waals surface area (Å²) < 4.78 is 0.881. The molecule has 1 aromatic heterocycles. The first kappa shape index (κ1) is 15.9. The summed E-state index contributed by atoms with van der Waals surface area (Å²) in [6.07, 6.45) is 0.899. The lowest BCUT2D eigenvalue weighted by atomic mass is 10.2. The van der Waals surface area contributed by atoms with Crippen LogP contribution >= 0.6 is 38.9 Å². The molecule has 0 saturated carbocycles. The fourth-order valence-electron chi connectivity index (χ4n) is 1.72. The van der Waals surface area contributed by atoms with Gasteiger partial charge in [-0.3, -0.25) is 0 Å². The Morgan fingerprint density at radius 1 is 1.35 bits per heavy atom. The Balaban J connectivity index is 2.00. The van der Waals surface area contributed by atoms with Gasteiger partial charge in [0.15, 0.2) is 0 Å². The molecule has 0 saturated heterocycles. The molecule has 1 aromatic carbocycles. The number of benzene rings is 1. The number of aromatic nitrogens is 2. The molecule has 20 heavy (non-hydrogen) atoms. The lowest BCUT2D eigenvalue weighted by Crippen LogP contribution is -2.22. The number of rotatable bonds is 6. The molecule has 0 aliphatic heterocycles. The number of nitrogens with one attached hydrogen (secondary N) is 1. The highest BCUT2D eigenvalue weighted by Gasteiger charge is 2.11. The minimum absolute atomic E-state index is 0.667. The molecule has 0 atom stereocenters. The maximum Gasteiger partial charge on any atom is 0.149 e. The first-order valence-corrected chi connectivity index (χ1v) is 8.54. The summed E-state index contributed by atoms with van der Waals surface area (Å²) >= 11 is 11.3. The Kier molecular flexibility index (Phi) is 5.96. The Hall–Kier alpha value is -0.490. The van der Waals surface area contributed by atoms with Crippen LogP contribution in [0.4, 0.5) is 0 Å². The Morgan fingerprint density at radius 3 is 2.90 bits per heavy atom. The lowest BCUT2D eigenvalue weighted by molar-refractivity contribution is 0.553. The Bertz CT molecular complexity index is 571. The van der Waals surface area contributed by atoms with E-state index in [9.17, 15) is 0 Å². The van der Waals surface area contributed by atoms with Gasteiger partial charge in [0.05, 0.1) is 5.02 Å². The van der Waals surface area contributed by atoms with Crippen molar-refractivity contribution in [2.45, 2.75) is 20.3 Å². The van der Waals surface area contributed by atoms with E-state index in [-0.39, 0.29) is 0 Å². The van der Waals surface area contributed by atoms with Crippen LogP contribution in [0.5, 0.6) is 0 Å². The van der Waals surface area contributed by atoms with E-state index in [4.69, 9.17) is 11.6 Å². The van der Waals surface area contributed by atoms with E-state index in [0.717, 1.165) is 39.6 Å². The van der Waals surface area contributed by atoms with Crippen LogP contribution in [0.2, 0.25) is 5.02 Å². The van der Waals surface area contributed by atoms with Gasteiger partial charge >= 0.3 is 0 Å². The number of halogens is 2. The molecule has 0 bridgehead atoms. The lowest BCUT2D eigenvalue weighted by Gasteiger charge is -2.05. The van der Waals surface area contributed by atoms with Gasteiger partial charge in [0.2, 0.25) is 0 Å². The van der Waals surface area contributed by atoms with E-state index in [0.29, 0.717) is 10.9 Å². The number of nitrogens with zero attached hydrogens (tertiary/aromatic N) is 2. The summed E-state index contributed by atoms with van der Waals surface area (Å²) in [5.74, 6) is 0.667. The zero-order valence-corrected chi connectivity index (χ0v) is 14.6. The minimum Gasteiger partial charge on any atom is -0.316 e. The van der Waals surface area contributed by atoms with Crippen molar-refractivity contribution in [3.8, 4) is 10.6 Å². The van der Waals surface area contributed by atoms with Crippen molar-refractivity contribution in [2.24, 2.45) is 5.92 Å². The van der Waals surface area contributed by atoms with Crippen LogP contribution in [0, 0.1) is 5.92 Å². The standard InChI is InChI=1S/C14H17BrClN3S/c1-9(2)8-17-7-6-12-18-19-14(20-12)10-4-3-5-11(15)13(10)16/h3-5,9,17H,6-8H2,1-2H3. The fraction of sp³-hybridized carbons (Fsp3) is 0.429. The van der Waals surface area contributed by atoms with Crippen LogP contribution in [0.3, 0.4) is 0 Å². The van der Waals surface area contributed by atoms with Gasteiger partial charge < -0.3 is 5.32 Å². The third kappa shape index (κ3) is 4.25. The summed E-state index contributed by atoms with van der Waals surface area (Å²) in [4.78, 5) is 0. The van der Waals surface area contributed by atoms with Crippen LogP contribution in [0.15, 0.2) is 22.7 Å². The third-order valence-electron chi connectivity index (χ3n) is 2.72. The molecule has 1 heterocycles. The van der Waals surface area contributed by atoms with Crippen molar-refractivity contribution in [3.05, 3.63) is 32.7 Å². The van der Waals surface area contributed by atoms with Crippen LogP contribution < -0.4 is 5.32 Å². The maximum absolute atomic E-state index is 6.28. The van der Waals surface area contributed by atoms with Gasteiger partial charge in [-0.2, -0.15) is 0 Å². The molecule has 108 valence electrons. The topological polar surface area (TPSA) is 37.8 Å². The Labute approximate surface area is 136 Å². The smallest absolute Gasteiger partial charge is 0.149 e.